The fourth-order valence-electron chi connectivity index (χ4n) is 2.04. The van der Waals surface area contributed by atoms with Crippen molar-refractivity contribution < 1.29 is 29.3 Å². The van der Waals surface area contributed by atoms with Crippen LogP contribution in [0.3, 0.4) is 0 Å². The molecule has 0 aromatic heterocycles. The Labute approximate surface area is 156 Å². The number of hydrogen-bond acceptors (Lipinski definition) is 5. The van der Waals surface area contributed by atoms with E-state index in [9.17, 15) is 0 Å². The molecule has 1 fully saturated rings. The number of morpholine rings is 1. The monoisotopic (exact) mass is 393 g/mol. The summed E-state index contributed by atoms with van der Waals surface area (Å²) in [5.41, 5.74) is 0. The molecular weight excluding hydrogens is 373 g/mol. The minimum absolute atomic E-state index is 0.498. The van der Waals surface area contributed by atoms with E-state index in [-0.39, 0.29) is 0 Å². The van der Waals surface area contributed by atoms with Crippen molar-refractivity contribution in [2.75, 3.05) is 39.5 Å². The number of rotatable bonds is 6. The molecule has 0 unspecified atom stereocenters. The van der Waals surface area contributed by atoms with Crippen LogP contribution in [0.2, 0.25) is 10.0 Å². The van der Waals surface area contributed by atoms with E-state index >= 15 is 0 Å². The first-order chi connectivity index (χ1) is 11.9. The van der Waals surface area contributed by atoms with Gasteiger partial charge in [-0.1, -0.05) is 29.3 Å². The number of halogens is 2. The van der Waals surface area contributed by atoms with E-state index in [2.05, 4.69) is 4.90 Å². The van der Waals surface area contributed by atoms with E-state index in [1.165, 1.54) is 0 Å². The Morgan fingerprint density at radius 2 is 1.76 bits per heavy atom. The summed E-state index contributed by atoms with van der Waals surface area (Å²) in [5, 5.41) is 15.8. The summed E-state index contributed by atoms with van der Waals surface area (Å²) in [6.07, 6.45) is 2.14. The Kier molecular flexibility index (Phi) is 10.3. The quantitative estimate of drug-likeness (QED) is 0.566. The first kappa shape index (κ1) is 21.5. The maximum absolute atomic E-state index is 9.10. The molecule has 2 rings (SSSR count). The lowest BCUT2D eigenvalue weighted by molar-refractivity contribution is -0.159. The second-order valence-corrected chi connectivity index (χ2v) is 5.96. The van der Waals surface area contributed by atoms with Crippen LogP contribution in [0, 0.1) is 0 Å². The molecule has 0 spiro atoms. The topological polar surface area (TPSA) is 96.3 Å². The van der Waals surface area contributed by atoms with E-state index in [1.54, 1.807) is 6.07 Å². The zero-order chi connectivity index (χ0) is 18.7. The van der Waals surface area contributed by atoms with Crippen molar-refractivity contribution in [3.05, 3.63) is 28.2 Å². The Balaban J connectivity index is 0.000000450. The highest BCUT2D eigenvalue weighted by Gasteiger charge is 2.09. The number of carboxylic acid groups (broad SMARTS) is 2. The third kappa shape index (κ3) is 8.92. The van der Waals surface area contributed by atoms with Gasteiger partial charge in [0.1, 0.15) is 10.8 Å². The Bertz CT molecular complexity index is 552. The molecule has 1 heterocycles. The molecule has 0 atom stereocenters. The molecule has 1 saturated heterocycles. The molecule has 25 heavy (non-hydrogen) atoms. The molecule has 1 aliphatic rings. The molecule has 1 aliphatic heterocycles. The van der Waals surface area contributed by atoms with Gasteiger partial charge in [-0.15, -0.1) is 0 Å². The van der Waals surface area contributed by atoms with E-state index in [1.807, 2.05) is 12.1 Å². The van der Waals surface area contributed by atoms with Gasteiger partial charge in [0.25, 0.3) is 0 Å². The molecule has 1 aromatic carbocycles. The van der Waals surface area contributed by atoms with Crippen molar-refractivity contribution in [3.63, 3.8) is 0 Å². The Morgan fingerprint density at radius 3 is 2.36 bits per heavy atom. The number of unbranched alkanes of at least 4 members (excludes halogenated alkanes) is 1. The van der Waals surface area contributed by atoms with Gasteiger partial charge in [0.05, 0.1) is 24.8 Å². The number of carbonyl (C=O) groups is 2. The number of benzene rings is 1. The van der Waals surface area contributed by atoms with Crippen molar-refractivity contribution in [2.45, 2.75) is 12.8 Å². The lowest BCUT2D eigenvalue weighted by atomic mass is 10.3. The molecule has 0 radical (unpaired) electrons. The minimum Gasteiger partial charge on any atom is -0.492 e. The Hall–Kier alpha value is -1.54. The maximum atomic E-state index is 9.10. The number of hydrogen-bond donors (Lipinski definition) is 2. The summed E-state index contributed by atoms with van der Waals surface area (Å²) < 4.78 is 11.0. The molecular formula is C16H21Cl2NO6. The minimum atomic E-state index is -1.82. The van der Waals surface area contributed by atoms with E-state index in [4.69, 9.17) is 52.5 Å². The average molecular weight is 394 g/mol. The lowest BCUT2D eigenvalue weighted by Gasteiger charge is -2.26. The van der Waals surface area contributed by atoms with Crippen LogP contribution < -0.4 is 4.74 Å². The van der Waals surface area contributed by atoms with Gasteiger partial charge in [0.2, 0.25) is 0 Å². The van der Waals surface area contributed by atoms with Crippen LogP contribution in [0.15, 0.2) is 18.2 Å². The van der Waals surface area contributed by atoms with E-state index in [0.29, 0.717) is 22.4 Å². The third-order valence-corrected chi connectivity index (χ3v) is 4.13. The molecule has 7 nitrogen and oxygen atoms in total. The van der Waals surface area contributed by atoms with Crippen molar-refractivity contribution in [1.82, 2.24) is 4.90 Å². The van der Waals surface area contributed by atoms with Crippen LogP contribution in [0.1, 0.15) is 12.8 Å². The average Bonchev–Trinajstić information content (AvgIpc) is 2.59. The van der Waals surface area contributed by atoms with Gasteiger partial charge < -0.3 is 19.7 Å². The van der Waals surface area contributed by atoms with Crippen molar-refractivity contribution >= 4 is 35.1 Å². The molecule has 2 N–H and O–H groups in total. The van der Waals surface area contributed by atoms with Gasteiger partial charge in [-0.2, -0.15) is 0 Å². The highest BCUT2D eigenvalue weighted by Crippen LogP contribution is 2.31. The fraction of sp³-hybridized carbons (Fsp3) is 0.500. The zero-order valence-corrected chi connectivity index (χ0v) is 15.1. The molecule has 0 saturated carbocycles. The van der Waals surface area contributed by atoms with Gasteiger partial charge in [-0.05, 0) is 31.5 Å². The predicted molar refractivity (Wildman–Crippen MR) is 93.7 cm³/mol. The SMILES string of the molecule is Clc1cccc(OCCCCN2CCOCC2)c1Cl.O=C(O)C(=O)O. The maximum Gasteiger partial charge on any atom is 0.414 e. The highest BCUT2D eigenvalue weighted by molar-refractivity contribution is 6.42. The van der Waals surface area contributed by atoms with Crippen LogP contribution in [0.4, 0.5) is 0 Å². The van der Waals surface area contributed by atoms with Crippen LogP contribution in [-0.2, 0) is 14.3 Å². The van der Waals surface area contributed by atoms with Gasteiger partial charge in [-0.3, -0.25) is 4.90 Å². The third-order valence-electron chi connectivity index (χ3n) is 3.33. The summed E-state index contributed by atoms with van der Waals surface area (Å²) in [7, 11) is 0. The fourth-order valence-corrected chi connectivity index (χ4v) is 2.39. The summed E-state index contributed by atoms with van der Waals surface area (Å²) in [5.74, 6) is -2.98. The molecule has 0 amide bonds. The van der Waals surface area contributed by atoms with Crippen molar-refractivity contribution in [2.24, 2.45) is 0 Å². The van der Waals surface area contributed by atoms with E-state index in [0.717, 1.165) is 45.7 Å². The number of carboxylic acids is 2. The first-order valence-corrected chi connectivity index (χ1v) is 8.50. The normalized spacial score (nSPS) is 14.3. The number of nitrogens with zero attached hydrogens (tertiary/aromatic N) is 1. The smallest absolute Gasteiger partial charge is 0.414 e. The Morgan fingerprint density at radius 1 is 1.12 bits per heavy atom. The summed E-state index contributed by atoms with van der Waals surface area (Å²) >= 11 is 12.0. The van der Waals surface area contributed by atoms with E-state index < -0.39 is 11.9 Å². The lowest BCUT2D eigenvalue weighted by Crippen LogP contribution is -2.36. The standard InChI is InChI=1S/C14H19Cl2NO2.C2H2O4/c15-12-4-3-5-13(14(12)16)19-9-2-1-6-17-7-10-18-11-8-17;3-1(4)2(5)6/h3-5H,1-2,6-11H2;(H,3,4)(H,5,6). The predicted octanol–water partition coefficient (Wildman–Crippen LogP) is 2.64. The number of ether oxygens (including phenoxy) is 2. The molecule has 0 aliphatic carbocycles. The van der Waals surface area contributed by atoms with Crippen LogP contribution in [0.5, 0.6) is 5.75 Å². The second-order valence-electron chi connectivity index (χ2n) is 5.17. The molecule has 0 bridgehead atoms. The van der Waals surface area contributed by atoms with Crippen LogP contribution in [0.25, 0.3) is 0 Å². The van der Waals surface area contributed by atoms with Gasteiger partial charge in [-0.25, -0.2) is 9.59 Å². The van der Waals surface area contributed by atoms with Gasteiger partial charge in [0, 0.05) is 13.1 Å². The highest BCUT2D eigenvalue weighted by atomic mass is 35.5. The van der Waals surface area contributed by atoms with Crippen molar-refractivity contribution in [3.8, 4) is 5.75 Å². The molecule has 9 heteroatoms. The summed E-state index contributed by atoms with van der Waals surface area (Å²) in [6.45, 7) is 5.58. The summed E-state index contributed by atoms with van der Waals surface area (Å²) in [4.78, 5) is 20.6. The van der Waals surface area contributed by atoms with Crippen LogP contribution >= 0.6 is 23.2 Å². The second kappa shape index (κ2) is 11.9. The first-order valence-electron chi connectivity index (χ1n) is 7.75. The molecule has 140 valence electrons. The van der Waals surface area contributed by atoms with Crippen LogP contribution in [-0.4, -0.2) is 66.5 Å². The zero-order valence-electron chi connectivity index (χ0n) is 13.6. The molecule has 1 aromatic rings. The van der Waals surface area contributed by atoms with Crippen molar-refractivity contribution in [1.29, 1.82) is 0 Å². The number of aliphatic carboxylic acids is 2. The largest absolute Gasteiger partial charge is 0.492 e. The van der Waals surface area contributed by atoms with Gasteiger partial charge in [0.15, 0.2) is 0 Å². The van der Waals surface area contributed by atoms with Gasteiger partial charge >= 0.3 is 11.9 Å². The summed E-state index contributed by atoms with van der Waals surface area (Å²) in [6, 6.07) is 5.45.